The summed E-state index contributed by atoms with van der Waals surface area (Å²) in [5, 5.41) is 3.04. The van der Waals surface area contributed by atoms with Gasteiger partial charge in [0, 0.05) is 45.1 Å². The Morgan fingerprint density at radius 1 is 1.12 bits per heavy atom. The molecule has 0 radical (unpaired) electrons. The van der Waals surface area contributed by atoms with E-state index < -0.39 is 17.6 Å². The number of nitrogens with one attached hydrogen (secondary N) is 1. The molecule has 6 nitrogen and oxygen atoms in total. The normalized spacial score (nSPS) is 15.3. The predicted molar refractivity (Wildman–Crippen MR) is 89.8 cm³/mol. The van der Waals surface area contributed by atoms with Crippen molar-refractivity contribution in [3.05, 3.63) is 35.9 Å². The van der Waals surface area contributed by atoms with Crippen molar-refractivity contribution in [3.63, 3.8) is 0 Å². The van der Waals surface area contributed by atoms with Crippen molar-refractivity contribution in [2.24, 2.45) is 0 Å². The van der Waals surface area contributed by atoms with Crippen LogP contribution in [-0.4, -0.2) is 47.7 Å². The standard InChI is InChI=1S/C16H18F4N6/c1-2-21-15-22-4-3-13(24-15)25-5-7-26(8-6-25)14-12(17)9-11(10-23-14)16(18,19)20/h3-4,9-10H,2,5-8H2,1H3,(H,21,22,24). The molecule has 0 atom stereocenters. The minimum absolute atomic E-state index is 0.0614. The van der Waals surface area contributed by atoms with Gasteiger partial charge in [-0.15, -0.1) is 0 Å². The molecular formula is C16H18F4N6. The lowest BCUT2D eigenvalue weighted by atomic mass is 10.2. The lowest BCUT2D eigenvalue weighted by Crippen LogP contribution is -2.47. The quantitative estimate of drug-likeness (QED) is 0.836. The Bertz CT molecular complexity index is 759. The smallest absolute Gasteiger partial charge is 0.354 e. The molecule has 2 aromatic rings. The van der Waals surface area contributed by atoms with Crippen LogP contribution >= 0.6 is 0 Å². The third-order valence-electron chi connectivity index (χ3n) is 4.03. The minimum Gasteiger partial charge on any atom is -0.354 e. The molecular weight excluding hydrogens is 352 g/mol. The number of hydrogen-bond acceptors (Lipinski definition) is 6. The van der Waals surface area contributed by atoms with Gasteiger partial charge in [-0.2, -0.15) is 18.2 Å². The van der Waals surface area contributed by atoms with Crippen molar-refractivity contribution in [1.29, 1.82) is 0 Å². The highest BCUT2D eigenvalue weighted by atomic mass is 19.4. The summed E-state index contributed by atoms with van der Waals surface area (Å²) in [5.41, 5.74) is -1.09. The second-order valence-electron chi connectivity index (χ2n) is 5.77. The second kappa shape index (κ2) is 7.30. The van der Waals surface area contributed by atoms with Gasteiger partial charge in [-0.05, 0) is 19.1 Å². The van der Waals surface area contributed by atoms with Crippen LogP contribution in [0.5, 0.6) is 0 Å². The Morgan fingerprint density at radius 3 is 2.42 bits per heavy atom. The van der Waals surface area contributed by atoms with Crippen molar-refractivity contribution in [3.8, 4) is 0 Å². The molecule has 0 spiro atoms. The van der Waals surface area contributed by atoms with Crippen LogP contribution in [0.1, 0.15) is 12.5 Å². The maximum Gasteiger partial charge on any atom is 0.417 e. The van der Waals surface area contributed by atoms with Gasteiger partial charge < -0.3 is 15.1 Å². The maximum atomic E-state index is 14.1. The Balaban J connectivity index is 1.68. The van der Waals surface area contributed by atoms with Gasteiger partial charge in [-0.25, -0.2) is 14.4 Å². The second-order valence-corrected chi connectivity index (χ2v) is 5.77. The van der Waals surface area contributed by atoms with E-state index in [0.29, 0.717) is 50.9 Å². The maximum absolute atomic E-state index is 14.1. The first kappa shape index (κ1) is 18.2. The number of pyridine rings is 1. The van der Waals surface area contributed by atoms with Gasteiger partial charge in [0.05, 0.1) is 5.56 Å². The molecule has 0 unspecified atom stereocenters. The van der Waals surface area contributed by atoms with Crippen LogP contribution in [-0.2, 0) is 6.18 Å². The Morgan fingerprint density at radius 2 is 1.81 bits per heavy atom. The summed E-state index contributed by atoms with van der Waals surface area (Å²) in [5.74, 6) is 0.248. The Kier molecular flexibility index (Phi) is 5.10. The summed E-state index contributed by atoms with van der Waals surface area (Å²) >= 11 is 0. The molecule has 0 saturated carbocycles. The molecule has 2 aromatic heterocycles. The van der Waals surface area contributed by atoms with E-state index in [-0.39, 0.29) is 5.82 Å². The first-order valence-electron chi connectivity index (χ1n) is 8.18. The van der Waals surface area contributed by atoms with Crippen LogP contribution in [0.3, 0.4) is 0 Å². The Hall–Kier alpha value is -2.65. The average molecular weight is 370 g/mol. The highest BCUT2D eigenvalue weighted by molar-refractivity contribution is 5.47. The molecule has 1 aliphatic heterocycles. The van der Waals surface area contributed by atoms with Crippen molar-refractivity contribution in [2.45, 2.75) is 13.1 Å². The zero-order valence-electron chi connectivity index (χ0n) is 14.1. The molecule has 1 saturated heterocycles. The summed E-state index contributed by atoms with van der Waals surface area (Å²) in [6, 6.07) is 2.27. The molecule has 1 N–H and O–H groups in total. The fraction of sp³-hybridized carbons (Fsp3) is 0.438. The molecule has 0 bridgehead atoms. The van der Waals surface area contributed by atoms with E-state index in [9.17, 15) is 17.6 Å². The molecule has 1 fully saturated rings. The molecule has 140 valence electrons. The molecule has 3 rings (SSSR count). The van der Waals surface area contributed by atoms with Gasteiger partial charge >= 0.3 is 6.18 Å². The van der Waals surface area contributed by atoms with E-state index in [1.54, 1.807) is 17.2 Å². The van der Waals surface area contributed by atoms with Gasteiger partial charge in [0.25, 0.3) is 0 Å². The molecule has 1 aliphatic rings. The number of anilines is 3. The molecule has 10 heteroatoms. The lowest BCUT2D eigenvalue weighted by Gasteiger charge is -2.36. The molecule has 0 aliphatic carbocycles. The van der Waals surface area contributed by atoms with Crippen LogP contribution in [0.25, 0.3) is 0 Å². The van der Waals surface area contributed by atoms with E-state index in [1.807, 2.05) is 11.8 Å². The predicted octanol–water partition coefficient (Wildman–Crippen LogP) is 2.79. The minimum atomic E-state index is -4.61. The van der Waals surface area contributed by atoms with Gasteiger partial charge in [0.2, 0.25) is 5.95 Å². The van der Waals surface area contributed by atoms with Crippen molar-refractivity contribution in [1.82, 2.24) is 15.0 Å². The third-order valence-corrected chi connectivity index (χ3v) is 4.03. The van der Waals surface area contributed by atoms with E-state index in [1.165, 1.54) is 0 Å². The number of nitrogens with zero attached hydrogens (tertiary/aromatic N) is 5. The van der Waals surface area contributed by atoms with E-state index in [2.05, 4.69) is 20.3 Å². The zero-order chi connectivity index (χ0) is 18.7. The van der Waals surface area contributed by atoms with Gasteiger partial charge in [-0.3, -0.25) is 0 Å². The highest BCUT2D eigenvalue weighted by Crippen LogP contribution is 2.31. The van der Waals surface area contributed by atoms with E-state index in [4.69, 9.17) is 0 Å². The summed E-state index contributed by atoms with van der Waals surface area (Å²) in [6.07, 6.45) is -2.29. The number of aromatic nitrogens is 3. The highest BCUT2D eigenvalue weighted by Gasteiger charge is 2.32. The first-order chi connectivity index (χ1) is 12.4. The van der Waals surface area contributed by atoms with Crippen molar-refractivity contribution >= 4 is 17.6 Å². The van der Waals surface area contributed by atoms with Crippen LogP contribution < -0.4 is 15.1 Å². The Labute approximate surface area is 147 Å². The SMILES string of the molecule is CCNc1nccc(N2CCN(c3ncc(C(F)(F)F)cc3F)CC2)n1. The monoisotopic (exact) mass is 370 g/mol. The summed E-state index contributed by atoms with van der Waals surface area (Å²) in [7, 11) is 0. The topological polar surface area (TPSA) is 57.2 Å². The first-order valence-corrected chi connectivity index (χ1v) is 8.18. The number of piperazine rings is 1. The summed E-state index contributed by atoms with van der Waals surface area (Å²) in [6.45, 7) is 4.59. The average Bonchev–Trinajstić information content (AvgIpc) is 2.62. The summed E-state index contributed by atoms with van der Waals surface area (Å²) < 4.78 is 51.9. The van der Waals surface area contributed by atoms with E-state index >= 15 is 0 Å². The molecule has 0 aromatic carbocycles. The fourth-order valence-corrected chi connectivity index (χ4v) is 2.73. The summed E-state index contributed by atoms with van der Waals surface area (Å²) in [4.78, 5) is 15.9. The van der Waals surface area contributed by atoms with Crippen LogP contribution in [0.4, 0.5) is 35.1 Å². The van der Waals surface area contributed by atoms with Crippen LogP contribution in [0.15, 0.2) is 24.5 Å². The molecule has 26 heavy (non-hydrogen) atoms. The number of rotatable bonds is 4. The van der Waals surface area contributed by atoms with Crippen LogP contribution in [0, 0.1) is 5.82 Å². The largest absolute Gasteiger partial charge is 0.417 e. The van der Waals surface area contributed by atoms with Crippen molar-refractivity contribution in [2.75, 3.05) is 47.8 Å². The number of hydrogen-bond donors (Lipinski definition) is 1. The van der Waals surface area contributed by atoms with E-state index in [0.717, 1.165) is 5.82 Å². The molecule has 3 heterocycles. The lowest BCUT2D eigenvalue weighted by molar-refractivity contribution is -0.138. The number of alkyl halides is 3. The number of halogens is 4. The van der Waals surface area contributed by atoms with Crippen molar-refractivity contribution < 1.29 is 17.6 Å². The van der Waals surface area contributed by atoms with Gasteiger partial charge in [-0.1, -0.05) is 0 Å². The zero-order valence-corrected chi connectivity index (χ0v) is 14.1. The van der Waals surface area contributed by atoms with Crippen LogP contribution in [0.2, 0.25) is 0 Å². The third kappa shape index (κ3) is 3.94. The fourth-order valence-electron chi connectivity index (χ4n) is 2.73. The van der Waals surface area contributed by atoms with Gasteiger partial charge in [0.1, 0.15) is 5.82 Å². The molecule has 0 amide bonds. The van der Waals surface area contributed by atoms with Gasteiger partial charge in [0.15, 0.2) is 11.6 Å².